The summed E-state index contributed by atoms with van der Waals surface area (Å²) in [4.78, 5) is 22.7. The predicted octanol–water partition coefficient (Wildman–Crippen LogP) is 3.78. The number of nitrogens with zero attached hydrogens (tertiary/aromatic N) is 3. The molecule has 1 aromatic heterocycles. The van der Waals surface area contributed by atoms with E-state index in [0.29, 0.717) is 23.0 Å². The maximum atomic E-state index is 13.7. The van der Waals surface area contributed by atoms with E-state index in [9.17, 15) is 13.2 Å². The molecular formula is C25H31N3O5S2. The molecule has 0 aliphatic carbocycles. The number of methoxy groups -OCH3 is 1. The number of hydrogen-bond acceptors (Lipinski definition) is 8. The highest BCUT2D eigenvalue weighted by molar-refractivity contribution is 7.91. The van der Waals surface area contributed by atoms with Crippen LogP contribution in [0.25, 0.3) is 10.2 Å². The molecule has 3 aromatic rings. The molecule has 8 nitrogen and oxygen atoms in total. The Labute approximate surface area is 210 Å². The van der Waals surface area contributed by atoms with Crippen molar-refractivity contribution in [2.45, 2.75) is 25.2 Å². The SMILES string of the molecule is CCS(=O)(=O)c1ccc(C(=O)N(CCCN2CCOCC2)c2nc3c(OC)ccc(C)c3s2)cc1. The second-order valence-corrected chi connectivity index (χ2v) is 11.7. The monoisotopic (exact) mass is 517 g/mol. The van der Waals surface area contributed by atoms with Gasteiger partial charge in [-0.25, -0.2) is 13.4 Å². The number of morpholine rings is 1. The summed E-state index contributed by atoms with van der Waals surface area (Å²) in [6.45, 7) is 8.20. The molecule has 1 fully saturated rings. The fourth-order valence-corrected chi connectivity index (χ4v) is 6.03. The fourth-order valence-electron chi connectivity index (χ4n) is 4.07. The average Bonchev–Trinajstić information content (AvgIpc) is 3.33. The van der Waals surface area contributed by atoms with Gasteiger partial charge in [-0.15, -0.1) is 0 Å². The summed E-state index contributed by atoms with van der Waals surface area (Å²) in [6.07, 6.45) is 0.778. The van der Waals surface area contributed by atoms with Crippen LogP contribution in [0.15, 0.2) is 41.3 Å². The Hall–Kier alpha value is -2.53. The van der Waals surface area contributed by atoms with Gasteiger partial charge in [0.1, 0.15) is 11.3 Å². The summed E-state index contributed by atoms with van der Waals surface area (Å²) in [5, 5.41) is 0.602. The Morgan fingerprint density at radius 3 is 2.54 bits per heavy atom. The van der Waals surface area contributed by atoms with Crippen molar-refractivity contribution in [1.29, 1.82) is 0 Å². The zero-order valence-corrected chi connectivity index (χ0v) is 22.0. The van der Waals surface area contributed by atoms with Crippen LogP contribution in [0.4, 0.5) is 5.13 Å². The van der Waals surface area contributed by atoms with Crippen LogP contribution in [-0.4, -0.2) is 76.5 Å². The molecule has 10 heteroatoms. The molecular weight excluding hydrogens is 486 g/mol. The summed E-state index contributed by atoms with van der Waals surface area (Å²) in [7, 11) is -1.72. The van der Waals surface area contributed by atoms with Gasteiger partial charge in [-0.05, 0) is 49.2 Å². The lowest BCUT2D eigenvalue weighted by Gasteiger charge is -2.27. The number of carbonyl (C=O) groups excluding carboxylic acids is 1. The number of amides is 1. The molecule has 0 atom stereocenters. The van der Waals surface area contributed by atoms with Crippen molar-refractivity contribution in [3.05, 3.63) is 47.5 Å². The van der Waals surface area contributed by atoms with Gasteiger partial charge >= 0.3 is 0 Å². The predicted molar refractivity (Wildman–Crippen MR) is 139 cm³/mol. The van der Waals surface area contributed by atoms with Crippen LogP contribution in [0.5, 0.6) is 5.75 Å². The maximum Gasteiger partial charge on any atom is 0.260 e. The number of sulfone groups is 1. The molecule has 1 amide bonds. The highest BCUT2D eigenvalue weighted by Crippen LogP contribution is 2.37. The largest absolute Gasteiger partial charge is 0.494 e. The quantitative estimate of drug-likeness (QED) is 0.427. The normalized spacial score (nSPS) is 14.8. The number of aryl methyl sites for hydroxylation is 1. The summed E-state index contributed by atoms with van der Waals surface area (Å²) >= 11 is 1.47. The Morgan fingerprint density at radius 1 is 1.17 bits per heavy atom. The summed E-state index contributed by atoms with van der Waals surface area (Å²) in [6, 6.07) is 10.0. The van der Waals surface area contributed by atoms with Gasteiger partial charge in [0.25, 0.3) is 5.91 Å². The van der Waals surface area contributed by atoms with E-state index in [0.717, 1.165) is 55.0 Å². The third kappa shape index (κ3) is 5.66. The molecule has 0 unspecified atom stereocenters. The van der Waals surface area contributed by atoms with Gasteiger partial charge < -0.3 is 9.47 Å². The molecule has 0 radical (unpaired) electrons. The van der Waals surface area contributed by atoms with Gasteiger partial charge in [-0.2, -0.15) is 0 Å². The van der Waals surface area contributed by atoms with E-state index < -0.39 is 9.84 Å². The van der Waals surface area contributed by atoms with Crippen molar-refractivity contribution in [3.63, 3.8) is 0 Å². The van der Waals surface area contributed by atoms with Crippen LogP contribution < -0.4 is 9.64 Å². The van der Waals surface area contributed by atoms with Gasteiger partial charge in [-0.1, -0.05) is 24.3 Å². The van der Waals surface area contributed by atoms with E-state index in [2.05, 4.69) is 4.90 Å². The number of rotatable bonds is 9. The molecule has 188 valence electrons. The lowest BCUT2D eigenvalue weighted by molar-refractivity contribution is 0.0376. The van der Waals surface area contributed by atoms with E-state index in [1.54, 1.807) is 31.1 Å². The topological polar surface area (TPSA) is 89.0 Å². The van der Waals surface area contributed by atoms with Crippen molar-refractivity contribution in [2.24, 2.45) is 0 Å². The molecule has 1 saturated heterocycles. The standard InChI is InChI=1S/C25H31N3O5S2/c1-4-35(30,31)20-9-7-19(8-10-20)24(29)28(13-5-12-27-14-16-33-17-15-27)25-26-22-21(32-3)11-6-18(2)23(22)34-25/h6-11H,4-5,12-17H2,1-3H3. The van der Waals surface area contributed by atoms with Crippen LogP contribution in [0.3, 0.4) is 0 Å². The van der Waals surface area contributed by atoms with E-state index in [1.165, 1.54) is 23.5 Å². The number of thiazole rings is 1. The number of hydrogen-bond donors (Lipinski definition) is 0. The Morgan fingerprint density at radius 2 is 1.89 bits per heavy atom. The number of fused-ring (bicyclic) bond motifs is 1. The van der Waals surface area contributed by atoms with Gasteiger partial charge in [0.15, 0.2) is 15.0 Å². The first-order chi connectivity index (χ1) is 16.8. The molecule has 2 aromatic carbocycles. The van der Waals surface area contributed by atoms with E-state index in [4.69, 9.17) is 14.5 Å². The molecule has 35 heavy (non-hydrogen) atoms. The minimum Gasteiger partial charge on any atom is -0.494 e. The first-order valence-electron chi connectivity index (χ1n) is 11.7. The first-order valence-corrected chi connectivity index (χ1v) is 14.2. The van der Waals surface area contributed by atoms with Crippen LogP contribution in [0, 0.1) is 6.92 Å². The van der Waals surface area contributed by atoms with Crippen molar-refractivity contribution >= 4 is 42.4 Å². The van der Waals surface area contributed by atoms with Crippen molar-refractivity contribution in [3.8, 4) is 5.75 Å². The molecule has 4 rings (SSSR count). The van der Waals surface area contributed by atoms with Crippen LogP contribution >= 0.6 is 11.3 Å². The van der Waals surface area contributed by atoms with Gasteiger partial charge in [0.2, 0.25) is 0 Å². The van der Waals surface area contributed by atoms with E-state index >= 15 is 0 Å². The Balaban J connectivity index is 1.64. The fraction of sp³-hybridized carbons (Fsp3) is 0.440. The number of anilines is 1. The Bertz CT molecular complexity index is 1280. The van der Waals surface area contributed by atoms with Crippen molar-refractivity contribution < 1.29 is 22.7 Å². The number of aromatic nitrogens is 1. The number of ether oxygens (including phenoxy) is 2. The first kappa shape index (κ1) is 25.6. The summed E-state index contributed by atoms with van der Waals surface area (Å²) in [5.41, 5.74) is 2.23. The van der Waals surface area contributed by atoms with Crippen LogP contribution in [-0.2, 0) is 14.6 Å². The molecule has 0 bridgehead atoms. The molecule has 1 aliphatic heterocycles. The highest BCUT2D eigenvalue weighted by atomic mass is 32.2. The van der Waals surface area contributed by atoms with Crippen LogP contribution in [0.1, 0.15) is 29.3 Å². The third-order valence-corrected chi connectivity index (χ3v) is 9.15. The average molecular weight is 518 g/mol. The lowest BCUT2D eigenvalue weighted by Crippen LogP contribution is -2.39. The maximum absolute atomic E-state index is 13.7. The smallest absolute Gasteiger partial charge is 0.260 e. The van der Waals surface area contributed by atoms with Crippen molar-refractivity contribution in [2.75, 3.05) is 57.2 Å². The summed E-state index contributed by atoms with van der Waals surface area (Å²) in [5.74, 6) is 0.479. The molecule has 0 spiro atoms. The van der Waals surface area contributed by atoms with E-state index in [1.807, 2.05) is 19.1 Å². The summed E-state index contributed by atoms with van der Waals surface area (Å²) < 4.78 is 36.3. The number of benzene rings is 2. The van der Waals surface area contributed by atoms with Gasteiger partial charge in [0, 0.05) is 31.7 Å². The van der Waals surface area contributed by atoms with Gasteiger partial charge in [-0.3, -0.25) is 14.6 Å². The van der Waals surface area contributed by atoms with Gasteiger partial charge in [0.05, 0.1) is 35.7 Å². The second-order valence-electron chi connectivity index (χ2n) is 8.45. The third-order valence-electron chi connectivity index (χ3n) is 6.19. The van der Waals surface area contributed by atoms with E-state index in [-0.39, 0.29) is 16.6 Å². The van der Waals surface area contributed by atoms with Crippen LogP contribution in [0.2, 0.25) is 0 Å². The minimum absolute atomic E-state index is 0.0147. The zero-order chi connectivity index (χ0) is 25.0. The molecule has 0 saturated carbocycles. The Kier molecular flexibility index (Phi) is 8.05. The lowest BCUT2D eigenvalue weighted by atomic mass is 10.2. The molecule has 0 N–H and O–H groups in total. The number of carbonyl (C=O) groups is 1. The molecule has 1 aliphatic rings. The minimum atomic E-state index is -3.33. The zero-order valence-electron chi connectivity index (χ0n) is 20.3. The highest BCUT2D eigenvalue weighted by Gasteiger charge is 2.24. The van der Waals surface area contributed by atoms with Crippen molar-refractivity contribution in [1.82, 2.24) is 9.88 Å². The second kappa shape index (κ2) is 11.0. The molecule has 2 heterocycles.